The minimum atomic E-state index is -4.57. The third-order valence-electron chi connectivity index (χ3n) is 13.8. The Morgan fingerprint density at radius 2 is 1.32 bits per heavy atom. The third kappa shape index (κ3) is 14.7. The fraction of sp³-hybridized carbons (Fsp3) is 0.462. The fourth-order valence-electron chi connectivity index (χ4n) is 9.85. The lowest BCUT2D eigenvalue weighted by atomic mass is 9.81. The van der Waals surface area contributed by atoms with Crippen LogP contribution >= 0.6 is 0 Å². The van der Waals surface area contributed by atoms with Crippen LogP contribution in [0.1, 0.15) is 122 Å². The molecule has 404 valence electrons. The first-order valence-corrected chi connectivity index (χ1v) is 30.7. The molecule has 1 amide bonds. The number of rotatable bonds is 25. The predicted molar refractivity (Wildman–Crippen MR) is 283 cm³/mol. The molecule has 0 atom stereocenters. The van der Waals surface area contributed by atoms with Crippen molar-refractivity contribution in [2.75, 3.05) is 36.8 Å². The number of fused-ring (bicyclic) bond motifs is 2. The van der Waals surface area contributed by atoms with Gasteiger partial charge >= 0.3 is 0 Å². The van der Waals surface area contributed by atoms with Crippen LogP contribution < -0.4 is 20.7 Å². The number of hydrogen-bond donors (Lipinski definition) is 6. The molecule has 6 rings (SSSR count). The molecule has 0 aromatic heterocycles. The smallest absolute Gasteiger partial charge is 0.294 e. The van der Waals surface area contributed by atoms with Gasteiger partial charge in [-0.1, -0.05) is 32.8 Å². The monoisotopic (exact) mass is 1100 g/mol. The summed E-state index contributed by atoms with van der Waals surface area (Å²) in [4.78, 5) is 13.7. The van der Waals surface area contributed by atoms with Crippen LogP contribution in [0.15, 0.2) is 122 Å². The van der Waals surface area contributed by atoms with E-state index in [0.29, 0.717) is 93.7 Å². The molecule has 0 radical (unpaired) electrons. The summed E-state index contributed by atoms with van der Waals surface area (Å²) in [5.74, 6) is 0.271. The number of amides is 1. The van der Waals surface area contributed by atoms with E-state index >= 15 is 0 Å². The van der Waals surface area contributed by atoms with Crippen LogP contribution in [-0.2, 0) is 56.1 Å². The highest BCUT2D eigenvalue weighted by atomic mass is 32.2. The Kier molecular flexibility index (Phi) is 18.8. The molecular formula is C52H69N4O14S4+. The lowest BCUT2D eigenvalue weighted by Crippen LogP contribution is -2.28. The van der Waals surface area contributed by atoms with Crippen molar-refractivity contribution < 1.29 is 66.0 Å². The molecule has 0 unspecified atom stereocenters. The lowest BCUT2D eigenvalue weighted by Gasteiger charge is -2.27. The number of unbranched alkanes of at least 4 members (excludes halogenated alkanes) is 6. The summed E-state index contributed by atoms with van der Waals surface area (Å²) < 4.78 is 144. The molecular weight excluding hydrogens is 1030 g/mol. The number of nitrogens with zero attached hydrogens (tertiary/aromatic N) is 2. The van der Waals surface area contributed by atoms with Crippen molar-refractivity contribution in [3.8, 4) is 5.75 Å². The van der Waals surface area contributed by atoms with Crippen molar-refractivity contribution in [2.45, 2.75) is 137 Å². The maximum atomic E-state index is 12.6. The van der Waals surface area contributed by atoms with Crippen molar-refractivity contribution in [3.63, 3.8) is 0 Å². The molecule has 0 spiro atoms. The van der Waals surface area contributed by atoms with Crippen LogP contribution in [0.4, 0.5) is 11.4 Å². The van der Waals surface area contributed by atoms with Crippen LogP contribution in [0.3, 0.4) is 0 Å². The number of ether oxygens (including phenoxy) is 1. The van der Waals surface area contributed by atoms with Gasteiger partial charge in [-0.25, -0.2) is 0 Å². The largest absolute Gasteiger partial charge is 0.457 e. The van der Waals surface area contributed by atoms with Crippen LogP contribution in [0.5, 0.6) is 5.75 Å². The highest BCUT2D eigenvalue weighted by molar-refractivity contribution is 7.86. The molecule has 18 nitrogen and oxygen atoms in total. The standard InChI is InChI=1S/C52H68N4O14S4/c1-51(2)43-35-41(73(64,65)66)24-26-45(43)55(32-11-7-8-17-49(57)54-31-10-6-5-9-30-53)47(51)28-18-37-15-14-16-38(50(37)70-39-20-22-40(23-21-39)72(61,62)63)19-29-48-52(3,4)44-36-42(74(67,68)69)25-27-46(44)56(48)33-12-13-34-71(58,59)60/h18-29,35-36H,5-17,30-34,53H2,1-4H3,(H4-,54,57,58,59,60,61,62,63,64,65,66,67,68,69)/p+1. The van der Waals surface area contributed by atoms with E-state index in [1.165, 1.54) is 48.5 Å². The maximum Gasteiger partial charge on any atom is 0.294 e. The molecule has 3 aromatic rings. The summed E-state index contributed by atoms with van der Waals surface area (Å²) in [5, 5.41) is 3.00. The molecule has 22 heteroatoms. The van der Waals surface area contributed by atoms with Crippen molar-refractivity contribution >= 4 is 63.5 Å². The molecule has 0 saturated carbocycles. The van der Waals surface area contributed by atoms with Gasteiger partial charge in [-0.3, -0.25) is 23.0 Å². The molecule has 7 N–H and O–H groups in total. The van der Waals surface area contributed by atoms with E-state index in [0.717, 1.165) is 60.3 Å². The first kappa shape index (κ1) is 58.2. The first-order chi connectivity index (χ1) is 34.6. The number of nitrogens with two attached hydrogens (primary N) is 1. The van der Waals surface area contributed by atoms with Crippen molar-refractivity contribution in [2.24, 2.45) is 5.73 Å². The summed E-state index contributed by atoms with van der Waals surface area (Å²) >= 11 is 0. The summed E-state index contributed by atoms with van der Waals surface area (Å²) in [6.07, 6.45) is 16.3. The molecule has 74 heavy (non-hydrogen) atoms. The summed E-state index contributed by atoms with van der Waals surface area (Å²) in [5.41, 5.74) is 9.70. The van der Waals surface area contributed by atoms with Crippen LogP contribution in [0.25, 0.3) is 0 Å². The van der Waals surface area contributed by atoms with Crippen molar-refractivity contribution in [1.82, 2.24) is 5.32 Å². The molecule has 1 aliphatic carbocycles. The number of allylic oxidation sites excluding steroid dienone is 7. The Balaban J connectivity index is 1.40. The molecule has 3 aliphatic rings. The van der Waals surface area contributed by atoms with Gasteiger partial charge in [-0.05, 0) is 162 Å². The van der Waals surface area contributed by atoms with Gasteiger partial charge in [0, 0.05) is 60.4 Å². The van der Waals surface area contributed by atoms with E-state index in [-0.39, 0.29) is 32.8 Å². The SMILES string of the molecule is CC1(C)C(/C=C/C2=C(Oc3ccc(S(=O)(=O)O)cc3)C(=C/C=C3/N(CCCCS(=O)(=O)O)c4ccc(S(=O)(=O)O)cc4C3(C)C)/CCC2)=[N+](CCCCCC(=O)NCCCCCCN)c2ccc(S(=O)(=O)O)cc21. The van der Waals surface area contributed by atoms with Crippen molar-refractivity contribution in [3.05, 3.63) is 119 Å². The zero-order chi connectivity index (χ0) is 54.3. The Labute approximate surface area is 436 Å². The van der Waals surface area contributed by atoms with Gasteiger partial charge in [-0.15, -0.1) is 0 Å². The zero-order valence-electron chi connectivity index (χ0n) is 42.3. The number of nitrogens with one attached hydrogen (secondary N) is 1. The molecule has 0 fully saturated rings. The zero-order valence-corrected chi connectivity index (χ0v) is 45.6. The second-order valence-electron chi connectivity index (χ2n) is 19.9. The number of benzene rings is 3. The average molecular weight is 1100 g/mol. The quantitative estimate of drug-likeness (QED) is 0.0264. The van der Waals surface area contributed by atoms with E-state index in [2.05, 4.69) is 9.89 Å². The third-order valence-corrected chi connectivity index (χ3v) is 17.2. The van der Waals surface area contributed by atoms with Gasteiger partial charge in [0.15, 0.2) is 5.71 Å². The fourth-order valence-corrected chi connectivity index (χ4v) is 11.9. The van der Waals surface area contributed by atoms with Crippen molar-refractivity contribution in [1.29, 1.82) is 0 Å². The summed E-state index contributed by atoms with van der Waals surface area (Å²) in [6.45, 7) is 9.83. The minimum Gasteiger partial charge on any atom is -0.457 e. The van der Waals surface area contributed by atoms with Crippen LogP contribution in [-0.4, -0.2) is 100 Å². The number of anilines is 1. The van der Waals surface area contributed by atoms with E-state index in [1.807, 2.05) is 56.9 Å². The Bertz CT molecular complexity index is 3210. The highest BCUT2D eigenvalue weighted by Gasteiger charge is 2.45. The molecule has 0 saturated heterocycles. The van der Waals surface area contributed by atoms with Gasteiger partial charge in [-0.2, -0.15) is 38.2 Å². The van der Waals surface area contributed by atoms with E-state index in [4.69, 9.17) is 10.5 Å². The minimum absolute atomic E-state index is 0.000392. The lowest BCUT2D eigenvalue weighted by molar-refractivity contribution is -0.438. The molecule has 3 aromatic carbocycles. The van der Waals surface area contributed by atoms with E-state index < -0.39 is 57.1 Å². The number of hydrogen-bond acceptors (Lipinski definition) is 12. The van der Waals surface area contributed by atoms with Gasteiger partial charge in [0.1, 0.15) is 18.1 Å². The first-order valence-electron chi connectivity index (χ1n) is 24.8. The second-order valence-corrected chi connectivity index (χ2v) is 25.8. The Morgan fingerprint density at radius 3 is 1.97 bits per heavy atom. The number of carbonyl (C=O) groups is 1. The van der Waals surface area contributed by atoms with Gasteiger partial charge in [0.05, 0.1) is 25.9 Å². The summed E-state index contributed by atoms with van der Waals surface area (Å²) in [7, 11) is -17.8. The van der Waals surface area contributed by atoms with Gasteiger partial charge in [0.25, 0.3) is 40.5 Å². The average Bonchev–Trinajstić information content (AvgIpc) is 3.66. The summed E-state index contributed by atoms with van der Waals surface area (Å²) in [6, 6.07) is 14.1. The van der Waals surface area contributed by atoms with E-state index in [9.17, 15) is 56.7 Å². The van der Waals surface area contributed by atoms with E-state index in [1.54, 1.807) is 12.1 Å². The molecule has 0 bridgehead atoms. The van der Waals surface area contributed by atoms with Crippen LogP contribution in [0.2, 0.25) is 0 Å². The predicted octanol–water partition coefficient (Wildman–Crippen LogP) is 8.35. The highest BCUT2D eigenvalue weighted by Crippen LogP contribution is 2.49. The van der Waals surface area contributed by atoms with Gasteiger partial charge < -0.3 is 20.7 Å². The Hall–Kier alpha value is -5.04. The van der Waals surface area contributed by atoms with Gasteiger partial charge in [0.2, 0.25) is 11.6 Å². The maximum absolute atomic E-state index is 12.6. The molecule has 2 aliphatic heterocycles. The normalized spacial score (nSPS) is 17.9. The van der Waals surface area contributed by atoms with Crippen LogP contribution in [0, 0.1) is 0 Å². The number of carbonyl (C=O) groups excluding carboxylic acids is 1. The second kappa shape index (κ2) is 23.9. The topological polar surface area (TPSA) is 288 Å². The molecule has 2 heterocycles. The Morgan fingerprint density at radius 1 is 0.703 bits per heavy atom.